The van der Waals surface area contributed by atoms with E-state index in [2.05, 4.69) is 23.9 Å². The third-order valence-electron chi connectivity index (χ3n) is 3.90. The summed E-state index contributed by atoms with van der Waals surface area (Å²) in [5, 5.41) is 9.57. The molecule has 0 spiro atoms. The first-order valence-corrected chi connectivity index (χ1v) is 6.48. The third kappa shape index (κ3) is 1.86. The number of aliphatic hydroxyl groups excluding tert-OH is 1. The molecule has 2 atom stereocenters. The van der Waals surface area contributed by atoms with E-state index in [-0.39, 0.29) is 6.61 Å². The minimum atomic E-state index is 0.0189. The first-order valence-electron chi connectivity index (χ1n) is 6.48. The van der Waals surface area contributed by atoms with E-state index < -0.39 is 0 Å². The van der Waals surface area contributed by atoms with E-state index in [1.165, 1.54) is 6.42 Å². The monoisotopic (exact) mass is 245 g/mol. The Kier molecular flexibility index (Phi) is 2.74. The molecule has 2 aromatic rings. The lowest BCUT2D eigenvalue weighted by Crippen LogP contribution is -2.22. The van der Waals surface area contributed by atoms with Gasteiger partial charge in [0.15, 0.2) is 5.82 Å². The van der Waals surface area contributed by atoms with Gasteiger partial charge in [-0.2, -0.15) is 0 Å². The molecule has 0 amide bonds. The summed E-state index contributed by atoms with van der Waals surface area (Å²) in [5.41, 5.74) is 1.77. The summed E-state index contributed by atoms with van der Waals surface area (Å²) in [6.45, 7) is 3.33. The fourth-order valence-electron chi connectivity index (χ4n) is 2.58. The van der Waals surface area contributed by atoms with Crippen LogP contribution in [-0.4, -0.2) is 28.1 Å². The van der Waals surface area contributed by atoms with Gasteiger partial charge in [0.1, 0.15) is 5.65 Å². The Labute approximate surface area is 107 Å². The van der Waals surface area contributed by atoms with Crippen molar-refractivity contribution in [2.24, 2.45) is 11.8 Å². The van der Waals surface area contributed by atoms with Gasteiger partial charge in [0, 0.05) is 19.8 Å². The second kappa shape index (κ2) is 4.28. The Hall–Kier alpha value is -1.55. The van der Waals surface area contributed by atoms with Gasteiger partial charge >= 0.3 is 0 Å². The highest BCUT2D eigenvalue weighted by Crippen LogP contribution is 2.38. The van der Waals surface area contributed by atoms with Crippen molar-refractivity contribution >= 4 is 11.5 Å². The number of anilines is 1. The van der Waals surface area contributed by atoms with Crippen LogP contribution in [0.5, 0.6) is 0 Å². The summed E-state index contributed by atoms with van der Waals surface area (Å²) in [5.74, 6) is 2.52. The molecule has 2 heterocycles. The van der Waals surface area contributed by atoms with Crippen LogP contribution in [0.4, 0.5) is 5.82 Å². The standard InChI is InChI=1S/C14H19N3O/c1-10-7-11(10)8-16(2)14-12(9-18)17-6-4-3-5-13(17)15-14/h3-6,10-11,18H,7-9H2,1-2H3. The first-order chi connectivity index (χ1) is 8.70. The summed E-state index contributed by atoms with van der Waals surface area (Å²) >= 11 is 0. The second-order valence-corrected chi connectivity index (χ2v) is 5.32. The molecule has 18 heavy (non-hydrogen) atoms. The molecule has 1 aliphatic carbocycles. The van der Waals surface area contributed by atoms with Crippen LogP contribution < -0.4 is 4.90 Å². The molecule has 1 aliphatic rings. The van der Waals surface area contributed by atoms with E-state index in [1.807, 2.05) is 28.8 Å². The number of imidazole rings is 1. The summed E-state index contributed by atoms with van der Waals surface area (Å²) in [4.78, 5) is 6.79. The second-order valence-electron chi connectivity index (χ2n) is 5.32. The average molecular weight is 245 g/mol. The van der Waals surface area contributed by atoms with E-state index in [9.17, 15) is 5.11 Å². The lowest BCUT2D eigenvalue weighted by molar-refractivity contribution is 0.276. The molecule has 0 radical (unpaired) electrons. The largest absolute Gasteiger partial charge is 0.390 e. The average Bonchev–Trinajstić information content (AvgIpc) is 2.93. The highest BCUT2D eigenvalue weighted by molar-refractivity contribution is 5.55. The first kappa shape index (κ1) is 11.5. The van der Waals surface area contributed by atoms with Crippen LogP contribution in [0.2, 0.25) is 0 Å². The molecule has 0 bridgehead atoms. The van der Waals surface area contributed by atoms with Crippen LogP contribution in [0.1, 0.15) is 19.0 Å². The predicted octanol–water partition coefficient (Wildman–Crippen LogP) is 1.92. The van der Waals surface area contributed by atoms with Crippen molar-refractivity contribution in [1.29, 1.82) is 0 Å². The van der Waals surface area contributed by atoms with Crippen molar-refractivity contribution in [2.45, 2.75) is 20.0 Å². The maximum Gasteiger partial charge on any atom is 0.153 e. The third-order valence-corrected chi connectivity index (χ3v) is 3.90. The minimum absolute atomic E-state index is 0.0189. The van der Waals surface area contributed by atoms with Crippen molar-refractivity contribution < 1.29 is 5.11 Å². The molecule has 1 fully saturated rings. The number of fused-ring (bicyclic) bond motifs is 1. The molecule has 2 aromatic heterocycles. The Morgan fingerprint density at radius 2 is 2.28 bits per heavy atom. The van der Waals surface area contributed by atoms with Crippen LogP contribution >= 0.6 is 0 Å². The van der Waals surface area contributed by atoms with Gasteiger partial charge in [-0.1, -0.05) is 13.0 Å². The summed E-state index contributed by atoms with van der Waals surface area (Å²) in [6, 6.07) is 5.90. The van der Waals surface area contributed by atoms with Crippen molar-refractivity contribution in [3.63, 3.8) is 0 Å². The van der Waals surface area contributed by atoms with Crippen LogP contribution in [0.15, 0.2) is 24.4 Å². The molecule has 1 saturated carbocycles. The molecular weight excluding hydrogens is 226 g/mol. The molecule has 1 N–H and O–H groups in total. The quantitative estimate of drug-likeness (QED) is 0.894. The van der Waals surface area contributed by atoms with Crippen LogP contribution in [-0.2, 0) is 6.61 Å². The molecule has 4 heteroatoms. The van der Waals surface area contributed by atoms with Crippen LogP contribution in [0.25, 0.3) is 5.65 Å². The van der Waals surface area contributed by atoms with Crippen molar-refractivity contribution in [3.05, 3.63) is 30.1 Å². The Bertz CT molecular complexity index is 563. The van der Waals surface area contributed by atoms with E-state index in [4.69, 9.17) is 0 Å². The van der Waals surface area contributed by atoms with Gasteiger partial charge in [-0.15, -0.1) is 0 Å². The Morgan fingerprint density at radius 1 is 1.50 bits per heavy atom. The molecule has 96 valence electrons. The molecule has 3 rings (SSSR count). The molecule has 0 saturated heterocycles. The van der Waals surface area contributed by atoms with Crippen LogP contribution in [0, 0.1) is 11.8 Å². The molecule has 4 nitrogen and oxygen atoms in total. The normalized spacial score (nSPS) is 22.4. The SMILES string of the molecule is CC1CC1CN(C)c1nc2ccccn2c1CO. The highest BCUT2D eigenvalue weighted by Gasteiger charge is 2.34. The smallest absolute Gasteiger partial charge is 0.153 e. The maximum absolute atomic E-state index is 9.57. The van der Waals surface area contributed by atoms with E-state index >= 15 is 0 Å². The number of aromatic nitrogens is 2. The summed E-state index contributed by atoms with van der Waals surface area (Å²) in [7, 11) is 2.06. The summed E-state index contributed by atoms with van der Waals surface area (Å²) < 4.78 is 1.96. The van der Waals surface area contributed by atoms with Gasteiger partial charge in [-0.05, 0) is 30.4 Å². The van der Waals surface area contributed by atoms with Gasteiger partial charge < -0.3 is 10.0 Å². The van der Waals surface area contributed by atoms with Crippen LogP contribution in [0.3, 0.4) is 0 Å². The lowest BCUT2D eigenvalue weighted by Gasteiger charge is -2.17. The fraction of sp³-hybridized carbons (Fsp3) is 0.500. The fourth-order valence-corrected chi connectivity index (χ4v) is 2.58. The molecule has 0 aliphatic heterocycles. The van der Waals surface area contributed by atoms with Gasteiger partial charge in [-0.25, -0.2) is 4.98 Å². The Morgan fingerprint density at radius 3 is 2.94 bits per heavy atom. The number of rotatable bonds is 4. The van der Waals surface area contributed by atoms with E-state index in [1.54, 1.807) is 0 Å². The lowest BCUT2D eigenvalue weighted by atomic mass is 10.3. The summed E-state index contributed by atoms with van der Waals surface area (Å²) in [6.07, 6.45) is 3.26. The molecule has 2 unspecified atom stereocenters. The van der Waals surface area contributed by atoms with E-state index in [0.717, 1.165) is 35.5 Å². The number of nitrogens with zero attached hydrogens (tertiary/aromatic N) is 3. The zero-order valence-electron chi connectivity index (χ0n) is 10.9. The van der Waals surface area contributed by atoms with Gasteiger partial charge in [-0.3, -0.25) is 4.40 Å². The van der Waals surface area contributed by atoms with Crippen molar-refractivity contribution in [3.8, 4) is 0 Å². The van der Waals surface area contributed by atoms with Crippen molar-refractivity contribution in [1.82, 2.24) is 9.38 Å². The number of hydrogen-bond acceptors (Lipinski definition) is 3. The van der Waals surface area contributed by atoms with Gasteiger partial charge in [0.2, 0.25) is 0 Å². The zero-order valence-corrected chi connectivity index (χ0v) is 10.9. The van der Waals surface area contributed by atoms with Gasteiger partial charge in [0.25, 0.3) is 0 Å². The predicted molar refractivity (Wildman–Crippen MR) is 71.7 cm³/mol. The zero-order chi connectivity index (χ0) is 12.7. The number of pyridine rings is 1. The maximum atomic E-state index is 9.57. The molecule has 0 aromatic carbocycles. The molecular formula is C14H19N3O. The Balaban J connectivity index is 1.94. The number of aliphatic hydroxyl groups is 1. The topological polar surface area (TPSA) is 40.8 Å². The van der Waals surface area contributed by atoms with Crippen molar-refractivity contribution in [2.75, 3.05) is 18.5 Å². The highest BCUT2D eigenvalue weighted by atomic mass is 16.3. The van der Waals surface area contributed by atoms with E-state index in [0.29, 0.717) is 0 Å². The minimum Gasteiger partial charge on any atom is -0.390 e. The van der Waals surface area contributed by atoms with Gasteiger partial charge in [0.05, 0.1) is 12.3 Å². The number of hydrogen-bond donors (Lipinski definition) is 1.